The second kappa shape index (κ2) is 6.74. The number of aliphatic hydroxyl groups is 1. The smallest absolute Gasteiger partial charge is 0.0830 e. The van der Waals surface area contributed by atoms with Crippen molar-refractivity contribution in [2.75, 3.05) is 0 Å². The monoisotopic (exact) mass is 274 g/mol. The van der Waals surface area contributed by atoms with E-state index >= 15 is 0 Å². The van der Waals surface area contributed by atoms with E-state index in [1.54, 1.807) is 0 Å². The summed E-state index contributed by atoms with van der Waals surface area (Å²) in [6.45, 7) is 2.16. The van der Waals surface area contributed by atoms with Crippen molar-refractivity contribution in [1.29, 1.82) is 0 Å². The molecule has 0 spiro atoms. The van der Waals surface area contributed by atoms with Gasteiger partial charge in [-0.05, 0) is 35.2 Å². The van der Waals surface area contributed by atoms with Crippen LogP contribution in [-0.2, 0) is 12.8 Å². The van der Waals surface area contributed by atoms with Gasteiger partial charge in [-0.25, -0.2) is 0 Å². The fourth-order valence-electron chi connectivity index (χ4n) is 2.25. The zero-order chi connectivity index (χ0) is 13.7. The molecule has 0 aliphatic heterocycles. The summed E-state index contributed by atoms with van der Waals surface area (Å²) in [5.41, 5.74) is 3.32. The van der Waals surface area contributed by atoms with Gasteiger partial charge in [-0.3, -0.25) is 0 Å². The third-order valence-corrected chi connectivity index (χ3v) is 3.43. The Balaban J connectivity index is 2.11. The molecule has 0 aliphatic rings. The fraction of sp³-hybridized carbons (Fsp3) is 0.294. The number of aliphatic hydroxyl groups excluding tert-OH is 1. The van der Waals surface area contributed by atoms with Crippen molar-refractivity contribution in [3.63, 3.8) is 0 Å². The number of aryl methyl sites for hydroxylation is 1. The van der Waals surface area contributed by atoms with Gasteiger partial charge in [-0.2, -0.15) is 0 Å². The minimum atomic E-state index is -0.477. The molecular formula is C17H19ClO. The first-order valence-electron chi connectivity index (χ1n) is 6.70. The number of hydrogen-bond donors (Lipinski definition) is 1. The second-order valence-electron chi connectivity index (χ2n) is 4.84. The maximum Gasteiger partial charge on any atom is 0.0830 e. The van der Waals surface area contributed by atoms with Crippen molar-refractivity contribution in [3.05, 3.63) is 70.2 Å². The van der Waals surface area contributed by atoms with E-state index in [9.17, 15) is 5.11 Å². The van der Waals surface area contributed by atoms with Gasteiger partial charge < -0.3 is 5.11 Å². The second-order valence-corrected chi connectivity index (χ2v) is 5.28. The van der Waals surface area contributed by atoms with Crippen molar-refractivity contribution in [1.82, 2.24) is 0 Å². The van der Waals surface area contributed by atoms with Crippen molar-refractivity contribution in [3.8, 4) is 0 Å². The number of benzene rings is 2. The highest BCUT2D eigenvalue weighted by atomic mass is 35.5. The quantitative estimate of drug-likeness (QED) is 0.847. The summed E-state index contributed by atoms with van der Waals surface area (Å²) in [6, 6.07) is 15.9. The summed E-state index contributed by atoms with van der Waals surface area (Å²) in [6.07, 6.45) is 2.29. The first kappa shape index (κ1) is 14.1. The molecule has 1 unspecified atom stereocenters. The third kappa shape index (κ3) is 4.09. The minimum Gasteiger partial charge on any atom is -0.388 e. The van der Waals surface area contributed by atoms with Gasteiger partial charge in [-0.1, -0.05) is 61.3 Å². The van der Waals surface area contributed by atoms with Crippen LogP contribution >= 0.6 is 11.6 Å². The highest BCUT2D eigenvalue weighted by Gasteiger charge is 2.09. The molecule has 2 aromatic rings. The van der Waals surface area contributed by atoms with Crippen LogP contribution in [0.3, 0.4) is 0 Å². The number of hydrogen-bond acceptors (Lipinski definition) is 1. The molecule has 0 fully saturated rings. The molecule has 0 saturated carbocycles. The maximum atomic E-state index is 10.3. The molecule has 2 heteroatoms. The minimum absolute atomic E-state index is 0.477. The molecule has 0 amide bonds. The van der Waals surface area contributed by atoms with Crippen LogP contribution in [0.4, 0.5) is 0 Å². The zero-order valence-electron chi connectivity index (χ0n) is 11.1. The van der Waals surface area contributed by atoms with Gasteiger partial charge in [0.25, 0.3) is 0 Å². The van der Waals surface area contributed by atoms with Gasteiger partial charge >= 0.3 is 0 Å². The fourth-order valence-corrected chi connectivity index (χ4v) is 2.46. The lowest BCUT2D eigenvalue weighted by Crippen LogP contribution is -2.02. The molecule has 0 bridgehead atoms. The first-order valence-corrected chi connectivity index (χ1v) is 7.08. The van der Waals surface area contributed by atoms with E-state index in [1.807, 2.05) is 36.4 Å². The van der Waals surface area contributed by atoms with Crippen LogP contribution in [0, 0.1) is 0 Å². The highest BCUT2D eigenvalue weighted by Crippen LogP contribution is 2.21. The van der Waals surface area contributed by atoms with Crippen molar-refractivity contribution in [2.45, 2.75) is 32.3 Å². The van der Waals surface area contributed by atoms with Crippen LogP contribution in [0.25, 0.3) is 0 Å². The SMILES string of the molecule is CCCc1cccc(C(O)Cc2cccc(Cl)c2)c1. The molecule has 0 heterocycles. The third-order valence-electron chi connectivity index (χ3n) is 3.19. The van der Waals surface area contributed by atoms with Crippen LogP contribution in [0.1, 0.15) is 36.1 Å². The Labute approximate surface area is 119 Å². The topological polar surface area (TPSA) is 20.2 Å². The van der Waals surface area contributed by atoms with Crippen LogP contribution in [0.15, 0.2) is 48.5 Å². The van der Waals surface area contributed by atoms with Gasteiger partial charge in [0.05, 0.1) is 6.10 Å². The van der Waals surface area contributed by atoms with Crippen LogP contribution < -0.4 is 0 Å². The van der Waals surface area contributed by atoms with E-state index in [1.165, 1.54) is 5.56 Å². The Morgan fingerprint density at radius 1 is 1.05 bits per heavy atom. The van der Waals surface area contributed by atoms with E-state index in [4.69, 9.17) is 11.6 Å². The Morgan fingerprint density at radius 2 is 1.79 bits per heavy atom. The van der Waals surface area contributed by atoms with Crippen LogP contribution in [0.5, 0.6) is 0 Å². The Morgan fingerprint density at radius 3 is 2.53 bits per heavy atom. The summed E-state index contributed by atoms with van der Waals surface area (Å²) in [7, 11) is 0. The van der Waals surface area contributed by atoms with E-state index in [0.717, 1.165) is 24.0 Å². The van der Waals surface area contributed by atoms with Gasteiger partial charge in [0.15, 0.2) is 0 Å². The summed E-state index contributed by atoms with van der Waals surface area (Å²) < 4.78 is 0. The first-order chi connectivity index (χ1) is 9.19. The summed E-state index contributed by atoms with van der Waals surface area (Å²) in [5, 5.41) is 11.0. The van der Waals surface area contributed by atoms with Gasteiger partial charge in [-0.15, -0.1) is 0 Å². The molecule has 19 heavy (non-hydrogen) atoms. The molecular weight excluding hydrogens is 256 g/mol. The van der Waals surface area contributed by atoms with E-state index in [0.29, 0.717) is 11.4 Å². The lowest BCUT2D eigenvalue weighted by Gasteiger charge is -2.12. The van der Waals surface area contributed by atoms with Gasteiger partial charge in [0, 0.05) is 11.4 Å². The average molecular weight is 275 g/mol. The molecule has 1 nitrogen and oxygen atoms in total. The Bertz CT molecular complexity index is 536. The number of rotatable bonds is 5. The summed E-state index contributed by atoms with van der Waals surface area (Å²) in [5.74, 6) is 0. The molecule has 0 radical (unpaired) electrons. The van der Waals surface area contributed by atoms with Gasteiger partial charge in [0.1, 0.15) is 0 Å². The molecule has 0 aromatic heterocycles. The van der Waals surface area contributed by atoms with E-state index < -0.39 is 6.10 Å². The normalized spacial score (nSPS) is 12.4. The lowest BCUT2D eigenvalue weighted by molar-refractivity contribution is 0.178. The summed E-state index contributed by atoms with van der Waals surface area (Å²) >= 11 is 5.96. The van der Waals surface area contributed by atoms with Crippen molar-refractivity contribution < 1.29 is 5.11 Å². The maximum absolute atomic E-state index is 10.3. The predicted molar refractivity (Wildman–Crippen MR) is 80.6 cm³/mol. The largest absolute Gasteiger partial charge is 0.388 e. The van der Waals surface area contributed by atoms with Gasteiger partial charge in [0.2, 0.25) is 0 Å². The molecule has 2 rings (SSSR count). The summed E-state index contributed by atoms with van der Waals surface area (Å²) in [4.78, 5) is 0. The van der Waals surface area contributed by atoms with Crippen LogP contribution in [-0.4, -0.2) is 5.11 Å². The van der Waals surface area contributed by atoms with Crippen molar-refractivity contribution in [2.24, 2.45) is 0 Å². The number of halogens is 1. The Hall–Kier alpha value is -1.31. The predicted octanol–water partition coefficient (Wildman–Crippen LogP) is 4.57. The molecule has 0 aliphatic carbocycles. The molecule has 100 valence electrons. The standard InChI is InChI=1S/C17H19ClO/c1-2-5-13-6-3-8-15(10-13)17(19)12-14-7-4-9-16(18)11-14/h3-4,6-11,17,19H,2,5,12H2,1H3. The van der Waals surface area contributed by atoms with E-state index in [-0.39, 0.29) is 0 Å². The van der Waals surface area contributed by atoms with E-state index in [2.05, 4.69) is 19.1 Å². The molecule has 1 N–H and O–H groups in total. The lowest BCUT2D eigenvalue weighted by atomic mass is 9.98. The Kier molecular flexibility index (Phi) is 5.00. The highest BCUT2D eigenvalue weighted by molar-refractivity contribution is 6.30. The molecule has 1 atom stereocenters. The van der Waals surface area contributed by atoms with Crippen LogP contribution in [0.2, 0.25) is 5.02 Å². The molecule has 2 aromatic carbocycles. The molecule has 0 saturated heterocycles. The van der Waals surface area contributed by atoms with Crippen molar-refractivity contribution >= 4 is 11.6 Å². The average Bonchev–Trinajstić information content (AvgIpc) is 2.39. The zero-order valence-corrected chi connectivity index (χ0v) is 11.9.